The lowest BCUT2D eigenvalue weighted by Crippen LogP contribution is -2.36. The minimum atomic E-state index is -0.437. The lowest BCUT2D eigenvalue weighted by molar-refractivity contribution is -0.384. The lowest BCUT2D eigenvalue weighted by atomic mass is 9.95. The predicted molar refractivity (Wildman–Crippen MR) is 107 cm³/mol. The maximum absolute atomic E-state index is 13.0. The number of benzene rings is 1. The number of aryl methyl sites for hydroxylation is 1. The van der Waals surface area contributed by atoms with Crippen molar-refractivity contribution in [2.75, 3.05) is 0 Å². The average molecular weight is 382 g/mol. The number of nitro benzene ring substituents is 1. The number of nitro groups is 1. The van der Waals surface area contributed by atoms with E-state index in [-0.39, 0.29) is 23.0 Å². The fourth-order valence-electron chi connectivity index (χ4n) is 4.27. The molecular formula is C20H22N4O4. The summed E-state index contributed by atoms with van der Waals surface area (Å²) in [5.74, 6) is 0. The number of aromatic nitrogens is 3. The smallest absolute Gasteiger partial charge is 0.330 e. The van der Waals surface area contributed by atoms with Crippen LogP contribution in [0.3, 0.4) is 0 Å². The van der Waals surface area contributed by atoms with Crippen molar-refractivity contribution < 1.29 is 4.92 Å². The molecule has 0 bridgehead atoms. The van der Waals surface area contributed by atoms with Crippen LogP contribution in [0.25, 0.3) is 22.2 Å². The van der Waals surface area contributed by atoms with Gasteiger partial charge in [-0.2, -0.15) is 0 Å². The van der Waals surface area contributed by atoms with Crippen LogP contribution in [0.1, 0.15) is 38.1 Å². The summed E-state index contributed by atoms with van der Waals surface area (Å²) in [5.41, 5.74) is 1.04. The molecule has 1 saturated carbocycles. The first-order valence-electron chi connectivity index (χ1n) is 9.45. The third-order valence-electron chi connectivity index (χ3n) is 5.76. The van der Waals surface area contributed by atoms with E-state index in [1.54, 1.807) is 19.2 Å². The van der Waals surface area contributed by atoms with Crippen molar-refractivity contribution in [3.8, 4) is 11.3 Å². The van der Waals surface area contributed by atoms with Crippen molar-refractivity contribution in [3.05, 3.63) is 61.4 Å². The first-order valence-corrected chi connectivity index (χ1v) is 9.45. The summed E-state index contributed by atoms with van der Waals surface area (Å²) in [4.78, 5) is 36.3. The number of fused-ring (bicyclic) bond motifs is 1. The van der Waals surface area contributed by atoms with Crippen LogP contribution in [0.4, 0.5) is 5.69 Å². The Morgan fingerprint density at radius 3 is 2.46 bits per heavy atom. The van der Waals surface area contributed by atoms with Crippen molar-refractivity contribution in [3.63, 3.8) is 0 Å². The standard InChI is InChI=1S/C20H22N4O4/c1-21-16-12-23(14-8-4-3-5-9-14)18(17(16)19(25)22(2)20(21)26)13-7-6-10-15(11-13)24(27)28/h6-7,10-12,14H,3-5,8-9H2,1-2H3. The fraction of sp³-hybridized carbons (Fsp3) is 0.400. The first-order chi connectivity index (χ1) is 13.4. The second kappa shape index (κ2) is 6.78. The van der Waals surface area contributed by atoms with E-state index in [2.05, 4.69) is 4.57 Å². The molecule has 0 aliphatic heterocycles. The molecule has 0 radical (unpaired) electrons. The average Bonchev–Trinajstić information content (AvgIpc) is 3.12. The van der Waals surface area contributed by atoms with E-state index < -0.39 is 4.92 Å². The van der Waals surface area contributed by atoms with Crippen LogP contribution in [0.2, 0.25) is 0 Å². The highest BCUT2D eigenvalue weighted by molar-refractivity contribution is 5.94. The van der Waals surface area contributed by atoms with E-state index in [1.165, 1.54) is 30.2 Å². The summed E-state index contributed by atoms with van der Waals surface area (Å²) in [6, 6.07) is 6.55. The number of hydrogen-bond donors (Lipinski definition) is 0. The minimum Gasteiger partial charge on any atom is -0.342 e. The highest BCUT2D eigenvalue weighted by atomic mass is 16.6. The summed E-state index contributed by atoms with van der Waals surface area (Å²) >= 11 is 0. The van der Waals surface area contributed by atoms with Crippen molar-refractivity contribution in [1.82, 2.24) is 13.7 Å². The Bertz CT molecular complexity index is 1200. The lowest BCUT2D eigenvalue weighted by Gasteiger charge is -2.25. The molecule has 28 heavy (non-hydrogen) atoms. The number of nitrogens with zero attached hydrogens (tertiary/aromatic N) is 4. The molecule has 4 rings (SSSR count). The van der Waals surface area contributed by atoms with Crippen molar-refractivity contribution in [2.45, 2.75) is 38.1 Å². The van der Waals surface area contributed by atoms with Gasteiger partial charge in [-0.15, -0.1) is 0 Å². The molecule has 3 aromatic rings. The molecule has 0 amide bonds. The first kappa shape index (κ1) is 18.2. The Balaban J connectivity index is 2.10. The molecular weight excluding hydrogens is 360 g/mol. The van der Waals surface area contributed by atoms with Gasteiger partial charge >= 0.3 is 5.69 Å². The highest BCUT2D eigenvalue weighted by Gasteiger charge is 2.25. The Kier molecular flexibility index (Phi) is 4.41. The van der Waals surface area contributed by atoms with E-state index in [0.29, 0.717) is 22.2 Å². The molecule has 1 aromatic carbocycles. The zero-order chi connectivity index (χ0) is 20.0. The minimum absolute atomic E-state index is 0.0244. The zero-order valence-corrected chi connectivity index (χ0v) is 15.9. The van der Waals surface area contributed by atoms with Gasteiger partial charge in [-0.05, 0) is 12.8 Å². The predicted octanol–water partition coefficient (Wildman–Crippen LogP) is 3.12. The highest BCUT2D eigenvalue weighted by Crippen LogP contribution is 2.37. The summed E-state index contributed by atoms with van der Waals surface area (Å²) in [7, 11) is 3.10. The normalized spacial score (nSPS) is 15.2. The quantitative estimate of drug-likeness (QED) is 0.514. The molecule has 8 heteroatoms. The van der Waals surface area contributed by atoms with Crippen molar-refractivity contribution in [1.29, 1.82) is 0 Å². The van der Waals surface area contributed by atoms with Gasteiger partial charge in [0.2, 0.25) is 0 Å². The third-order valence-corrected chi connectivity index (χ3v) is 5.76. The SMILES string of the molecule is Cn1c(=O)c2c(-c3cccc([N+](=O)[O-])c3)n(C3CCCCC3)cc2n(C)c1=O. The number of hydrogen-bond acceptors (Lipinski definition) is 4. The van der Waals surface area contributed by atoms with Gasteiger partial charge in [0.25, 0.3) is 11.2 Å². The third kappa shape index (κ3) is 2.76. The molecule has 146 valence electrons. The molecule has 1 aliphatic carbocycles. The molecule has 2 aromatic heterocycles. The molecule has 1 aliphatic rings. The second-order valence-corrected chi connectivity index (χ2v) is 7.45. The molecule has 0 saturated heterocycles. The number of rotatable bonds is 3. The van der Waals surface area contributed by atoms with Gasteiger partial charge in [0.1, 0.15) is 0 Å². The summed E-state index contributed by atoms with van der Waals surface area (Å²) in [6.07, 6.45) is 7.22. The maximum atomic E-state index is 13.0. The molecule has 8 nitrogen and oxygen atoms in total. The van der Waals surface area contributed by atoms with Crippen LogP contribution in [-0.2, 0) is 14.1 Å². The van der Waals surface area contributed by atoms with E-state index in [4.69, 9.17) is 0 Å². The molecule has 0 unspecified atom stereocenters. The largest absolute Gasteiger partial charge is 0.342 e. The molecule has 0 atom stereocenters. The molecule has 1 fully saturated rings. The monoisotopic (exact) mass is 382 g/mol. The molecule has 0 spiro atoms. The van der Waals surface area contributed by atoms with Gasteiger partial charge in [-0.1, -0.05) is 31.4 Å². The van der Waals surface area contributed by atoms with Gasteiger partial charge < -0.3 is 4.57 Å². The number of non-ortho nitro benzene ring substituents is 1. The van der Waals surface area contributed by atoms with Crippen molar-refractivity contribution >= 4 is 16.6 Å². The maximum Gasteiger partial charge on any atom is 0.330 e. The van der Waals surface area contributed by atoms with Crippen LogP contribution in [0, 0.1) is 10.1 Å². The van der Waals surface area contributed by atoms with E-state index in [0.717, 1.165) is 30.3 Å². The van der Waals surface area contributed by atoms with Gasteiger partial charge in [0.05, 0.1) is 21.5 Å². The summed E-state index contributed by atoms with van der Waals surface area (Å²) in [5, 5.41) is 11.7. The van der Waals surface area contributed by atoms with Crippen LogP contribution in [0.15, 0.2) is 40.1 Å². The van der Waals surface area contributed by atoms with Gasteiger partial charge in [0.15, 0.2) is 0 Å². The molecule has 0 N–H and O–H groups in total. The Morgan fingerprint density at radius 1 is 1.07 bits per heavy atom. The van der Waals surface area contributed by atoms with Gasteiger partial charge in [-0.3, -0.25) is 24.0 Å². The Morgan fingerprint density at radius 2 is 1.79 bits per heavy atom. The van der Waals surface area contributed by atoms with E-state index >= 15 is 0 Å². The van der Waals surface area contributed by atoms with E-state index in [1.807, 2.05) is 6.20 Å². The summed E-state index contributed by atoms with van der Waals surface area (Å²) < 4.78 is 4.62. The van der Waals surface area contributed by atoms with Crippen molar-refractivity contribution in [2.24, 2.45) is 14.1 Å². The summed E-state index contributed by atoms with van der Waals surface area (Å²) in [6.45, 7) is 0. The van der Waals surface area contributed by atoms with Crippen LogP contribution in [0.5, 0.6) is 0 Å². The molecule has 2 heterocycles. The second-order valence-electron chi connectivity index (χ2n) is 7.45. The fourth-order valence-corrected chi connectivity index (χ4v) is 4.27. The van der Waals surface area contributed by atoms with E-state index in [9.17, 15) is 19.7 Å². The Hall–Kier alpha value is -3.16. The topological polar surface area (TPSA) is 92.1 Å². The van der Waals surface area contributed by atoms with Crippen LogP contribution < -0.4 is 11.2 Å². The van der Waals surface area contributed by atoms with Crippen LogP contribution >= 0.6 is 0 Å². The van der Waals surface area contributed by atoms with Gasteiger partial charge in [-0.25, -0.2) is 4.79 Å². The van der Waals surface area contributed by atoms with Gasteiger partial charge in [0, 0.05) is 44.0 Å². The Labute approximate surface area is 160 Å². The zero-order valence-electron chi connectivity index (χ0n) is 15.9. The van der Waals surface area contributed by atoms with Crippen LogP contribution in [-0.4, -0.2) is 18.6 Å².